The zero-order valence-electron chi connectivity index (χ0n) is 15.1. The maximum Gasteiger partial charge on any atom is 0.224 e. The molecule has 2 aromatic carbocycles. The van der Waals surface area contributed by atoms with Gasteiger partial charge in [-0.25, -0.2) is 0 Å². The Morgan fingerprint density at radius 1 is 1.00 bits per heavy atom. The predicted molar refractivity (Wildman–Crippen MR) is 110 cm³/mol. The molecule has 3 nitrogen and oxygen atoms in total. The van der Waals surface area contributed by atoms with E-state index >= 15 is 0 Å². The number of carbonyl (C=O) groups is 1. The summed E-state index contributed by atoms with van der Waals surface area (Å²) in [5, 5.41) is 16.0. The van der Waals surface area contributed by atoms with E-state index in [4.69, 9.17) is 0 Å². The molecule has 1 amide bonds. The molecule has 0 aliphatic heterocycles. The van der Waals surface area contributed by atoms with Gasteiger partial charge in [-0.1, -0.05) is 60.7 Å². The molecule has 1 atom stereocenters. The van der Waals surface area contributed by atoms with Gasteiger partial charge >= 0.3 is 0 Å². The third-order valence-electron chi connectivity index (χ3n) is 5.18. The van der Waals surface area contributed by atoms with E-state index in [9.17, 15) is 9.90 Å². The molecule has 1 heterocycles. The summed E-state index contributed by atoms with van der Waals surface area (Å²) in [7, 11) is 0. The second-order valence-electron chi connectivity index (χ2n) is 7.19. The van der Waals surface area contributed by atoms with E-state index in [2.05, 4.69) is 17.4 Å². The fourth-order valence-electron chi connectivity index (χ4n) is 3.45. The largest absolute Gasteiger partial charge is 0.382 e. The van der Waals surface area contributed by atoms with Crippen molar-refractivity contribution in [1.82, 2.24) is 5.32 Å². The highest BCUT2D eigenvalue weighted by Gasteiger charge is 2.45. The van der Waals surface area contributed by atoms with Crippen LogP contribution < -0.4 is 5.32 Å². The van der Waals surface area contributed by atoms with E-state index in [1.54, 1.807) is 11.3 Å². The maximum atomic E-state index is 12.4. The number of hydrogen-bond acceptors (Lipinski definition) is 3. The van der Waals surface area contributed by atoms with Crippen molar-refractivity contribution in [3.8, 4) is 11.1 Å². The van der Waals surface area contributed by atoms with Crippen molar-refractivity contribution >= 4 is 17.2 Å². The smallest absolute Gasteiger partial charge is 0.224 e. The quantitative estimate of drug-likeness (QED) is 0.642. The third-order valence-corrected chi connectivity index (χ3v) is 6.22. The van der Waals surface area contributed by atoms with Crippen LogP contribution in [0.15, 0.2) is 72.1 Å². The van der Waals surface area contributed by atoms with Crippen LogP contribution in [0.1, 0.15) is 23.3 Å². The number of thiophene rings is 1. The van der Waals surface area contributed by atoms with Crippen LogP contribution in [0.3, 0.4) is 0 Å². The molecule has 1 saturated carbocycles. The Bertz CT molecular complexity index is 886. The summed E-state index contributed by atoms with van der Waals surface area (Å²) < 4.78 is 0. The van der Waals surface area contributed by atoms with Crippen LogP contribution in [0.2, 0.25) is 0 Å². The first-order valence-electron chi connectivity index (χ1n) is 9.32. The normalized spacial score (nSPS) is 15.9. The van der Waals surface area contributed by atoms with E-state index in [1.165, 1.54) is 5.56 Å². The molecule has 27 heavy (non-hydrogen) atoms. The summed E-state index contributed by atoms with van der Waals surface area (Å²) in [6.07, 6.45) is 2.36. The van der Waals surface area contributed by atoms with Crippen molar-refractivity contribution in [2.45, 2.75) is 24.9 Å². The second kappa shape index (κ2) is 7.67. The second-order valence-corrected chi connectivity index (χ2v) is 8.14. The van der Waals surface area contributed by atoms with Crippen molar-refractivity contribution < 1.29 is 9.90 Å². The molecule has 0 saturated heterocycles. The monoisotopic (exact) mass is 377 g/mol. The van der Waals surface area contributed by atoms with Gasteiger partial charge in [-0.2, -0.15) is 0 Å². The third kappa shape index (κ3) is 4.12. The SMILES string of the molecule is O=C(Cc1ccc(-c2ccccc2)cc1)NCC(O)(c1cccs1)C1CC1. The maximum absolute atomic E-state index is 12.4. The molecule has 1 fully saturated rings. The van der Waals surface area contributed by atoms with E-state index < -0.39 is 5.60 Å². The highest BCUT2D eigenvalue weighted by atomic mass is 32.1. The first kappa shape index (κ1) is 18.0. The number of amides is 1. The summed E-state index contributed by atoms with van der Waals surface area (Å²) in [4.78, 5) is 13.3. The fraction of sp³-hybridized carbons (Fsp3) is 0.261. The lowest BCUT2D eigenvalue weighted by molar-refractivity contribution is -0.122. The molecular weight excluding hydrogens is 354 g/mol. The van der Waals surface area contributed by atoms with Crippen LogP contribution in [-0.2, 0) is 16.8 Å². The zero-order chi connectivity index (χ0) is 18.7. The van der Waals surface area contributed by atoms with Crippen LogP contribution in [0.4, 0.5) is 0 Å². The van der Waals surface area contributed by atoms with Crippen LogP contribution in [0.5, 0.6) is 0 Å². The lowest BCUT2D eigenvalue weighted by Crippen LogP contribution is -2.42. The van der Waals surface area contributed by atoms with Gasteiger partial charge in [-0.05, 0) is 46.9 Å². The molecule has 0 spiro atoms. The Kier molecular flexibility index (Phi) is 5.10. The number of hydrogen-bond donors (Lipinski definition) is 2. The molecule has 1 aliphatic carbocycles. The van der Waals surface area contributed by atoms with Crippen LogP contribution in [0, 0.1) is 5.92 Å². The molecular formula is C23H23NO2S. The first-order chi connectivity index (χ1) is 13.1. The van der Waals surface area contributed by atoms with E-state index in [0.29, 0.717) is 6.42 Å². The molecule has 3 aromatic rings. The summed E-state index contributed by atoms with van der Waals surface area (Å²) in [6, 6.07) is 22.2. The van der Waals surface area contributed by atoms with Crippen LogP contribution >= 0.6 is 11.3 Å². The van der Waals surface area contributed by atoms with Gasteiger partial charge in [0.1, 0.15) is 5.60 Å². The average Bonchev–Trinajstić information content (AvgIpc) is 3.42. The summed E-state index contributed by atoms with van der Waals surface area (Å²) >= 11 is 1.55. The van der Waals surface area contributed by atoms with E-state index in [0.717, 1.165) is 28.8 Å². The lowest BCUT2D eigenvalue weighted by Gasteiger charge is -2.27. The van der Waals surface area contributed by atoms with Crippen molar-refractivity contribution in [3.63, 3.8) is 0 Å². The number of rotatable bonds is 7. The van der Waals surface area contributed by atoms with Crippen molar-refractivity contribution in [1.29, 1.82) is 0 Å². The number of carbonyl (C=O) groups excluding carboxylic acids is 1. The molecule has 4 heteroatoms. The van der Waals surface area contributed by atoms with E-state index in [-0.39, 0.29) is 18.4 Å². The minimum atomic E-state index is -0.930. The highest BCUT2D eigenvalue weighted by Crippen LogP contribution is 2.46. The number of nitrogens with one attached hydrogen (secondary N) is 1. The van der Waals surface area contributed by atoms with Gasteiger partial charge in [0.25, 0.3) is 0 Å². The van der Waals surface area contributed by atoms with Gasteiger partial charge in [0.05, 0.1) is 13.0 Å². The lowest BCUT2D eigenvalue weighted by atomic mass is 9.95. The Labute approximate surface area is 163 Å². The van der Waals surface area contributed by atoms with Crippen molar-refractivity contribution in [2.75, 3.05) is 6.54 Å². The molecule has 0 bridgehead atoms. The fourth-order valence-corrected chi connectivity index (χ4v) is 4.35. The van der Waals surface area contributed by atoms with Gasteiger partial charge in [0, 0.05) is 4.88 Å². The zero-order valence-corrected chi connectivity index (χ0v) is 15.9. The van der Waals surface area contributed by atoms with E-state index in [1.807, 2.05) is 60.0 Å². The summed E-state index contributed by atoms with van der Waals surface area (Å²) in [5.41, 5.74) is 2.35. The van der Waals surface area contributed by atoms with Crippen LogP contribution in [0.25, 0.3) is 11.1 Å². The molecule has 1 aliphatic rings. The summed E-state index contributed by atoms with van der Waals surface area (Å²) in [6.45, 7) is 0.277. The topological polar surface area (TPSA) is 49.3 Å². The minimum absolute atomic E-state index is 0.0573. The van der Waals surface area contributed by atoms with Gasteiger partial charge in [-0.15, -0.1) is 11.3 Å². The predicted octanol–water partition coefficient (Wildman–Crippen LogP) is 4.37. The van der Waals surface area contributed by atoms with Gasteiger partial charge in [-0.3, -0.25) is 4.79 Å². The molecule has 4 rings (SSSR count). The Morgan fingerprint density at radius 2 is 1.70 bits per heavy atom. The van der Waals surface area contributed by atoms with Crippen molar-refractivity contribution in [2.24, 2.45) is 5.92 Å². The first-order valence-corrected chi connectivity index (χ1v) is 10.2. The van der Waals surface area contributed by atoms with Gasteiger partial charge in [0.2, 0.25) is 5.91 Å². The highest BCUT2D eigenvalue weighted by molar-refractivity contribution is 7.10. The number of benzene rings is 2. The minimum Gasteiger partial charge on any atom is -0.382 e. The standard InChI is InChI=1S/C23H23NO2S/c25-22(24-16-23(26,20-12-13-20)21-7-4-14-27-21)15-17-8-10-19(11-9-17)18-5-2-1-3-6-18/h1-11,14,20,26H,12-13,15-16H2,(H,24,25). The van der Waals surface area contributed by atoms with Gasteiger partial charge in [0.15, 0.2) is 0 Å². The Hall–Kier alpha value is -2.43. The molecule has 138 valence electrons. The van der Waals surface area contributed by atoms with Gasteiger partial charge < -0.3 is 10.4 Å². The molecule has 1 unspecified atom stereocenters. The molecule has 1 aromatic heterocycles. The Balaban J connectivity index is 1.37. The Morgan fingerprint density at radius 3 is 2.33 bits per heavy atom. The molecule has 2 N–H and O–H groups in total. The van der Waals surface area contributed by atoms with Crippen LogP contribution in [-0.4, -0.2) is 17.6 Å². The number of aliphatic hydroxyl groups is 1. The average molecular weight is 378 g/mol. The van der Waals surface area contributed by atoms with Crippen molar-refractivity contribution in [3.05, 3.63) is 82.6 Å². The summed E-state index contributed by atoms with van der Waals surface area (Å²) in [5.74, 6) is 0.194. The molecule has 0 radical (unpaired) electrons.